The molecule has 0 aliphatic heterocycles. The molecule has 0 amide bonds. The molecular weight excluding hydrogens is 100 g/mol. The van der Waals surface area contributed by atoms with Crippen LogP contribution in [-0.2, 0) is 19.4 Å². The van der Waals surface area contributed by atoms with Crippen LogP contribution in [0.15, 0.2) is 0 Å². The summed E-state index contributed by atoms with van der Waals surface area (Å²) in [6, 6.07) is 0. The molecule has 0 spiro atoms. The highest BCUT2D eigenvalue weighted by Gasteiger charge is 2.11. The molecule has 0 atom stereocenters. The second-order valence-corrected chi connectivity index (χ2v) is 0.719. The van der Waals surface area contributed by atoms with Crippen LogP contribution in [0.25, 0.3) is 0 Å². The van der Waals surface area contributed by atoms with E-state index in [9.17, 15) is 14.7 Å². The van der Waals surface area contributed by atoms with Gasteiger partial charge in [-0.05, 0) is 0 Å². The number of hydrogen-bond donors (Lipinski definition) is 0. The van der Waals surface area contributed by atoms with Crippen LogP contribution in [0.3, 0.4) is 0 Å². The summed E-state index contributed by atoms with van der Waals surface area (Å²) in [6.45, 7) is 0. The lowest BCUT2D eigenvalue weighted by atomic mass is 10.7. The summed E-state index contributed by atoms with van der Waals surface area (Å²) >= 11 is 0. The molecule has 0 N–H and O–H groups in total. The first kappa shape index (κ1) is 5.94. The van der Waals surface area contributed by atoms with E-state index in [0.717, 1.165) is 0 Å². The minimum absolute atomic E-state index is 1.46. The molecule has 0 rings (SSSR count). The number of hydrogen-bond acceptors (Lipinski definition) is 3. The first-order chi connectivity index (χ1) is 3.18. The Hall–Kier alpha value is -1.06. The van der Waals surface area contributed by atoms with Crippen LogP contribution in [-0.4, -0.2) is 11.9 Å². The first-order valence-electron chi connectivity index (χ1n) is 1.36. The Labute approximate surface area is 39.7 Å². The summed E-state index contributed by atoms with van der Waals surface area (Å²) < 4.78 is 3.46. The Morgan fingerprint density at radius 2 is 1.86 bits per heavy atom. The summed E-state index contributed by atoms with van der Waals surface area (Å²) in [5, 5.41) is 9.30. The highest BCUT2D eigenvalue weighted by Crippen LogP contribution is 1.71. The second-order valence-electron chi connectivity index (χ2n) is 0.719. The molecule has 4 nitrogen and oxygen atoms in total. The van der Waals surface area contributed by atoms with Gasteiger partial charge in [-0.1, -0.05) is 0 Å². The maximum absolute atomic E-state index is 9.56. The standard InChI is InChI=1S/C3H2O4/c1-7-3(6)2(4)5/h1H2. The zero-order valence-corrected chi connectivity index (χ0v) is 3.34. The van der Waals surface area contributed by atoms with Crippen molar-refractivity contribution < 1.29 is 19.4 Å². The van der Waals surface area contributed by atoms with Crippen molar-refractivity contribution in [1.29, 1.82) is 0 Å². The Bertz CT molecular complexity index is 95.1. The van der Waals surface area contributed by atoms with Crippen molar-refractivity contribution in [3.8, 4) is 0 Å². The van der Waals surface area contributed by atoms with E-state index in [1.165, 1.54) is 0 Å². The van der Waals surface area contributed by atoms with Crippen LogP contribution in [0.2, 0.25) is 0 Å². The molecule has 0 heterocycles. The third-order valence-corrected chi connectivity index (χ3v) is 0.298. The van der Waals surface area contributed by atoms with Gasteiger partial charge in [-0.15, -0.1) is 0 Å². The van der Waals surface area contributed by atoms with E-state index >= 15 is 0 Å². The van der Waals surface area contributed by atoms with Gasteiger partial charge in [0.15, 0.2) is 0 Å². The predicted molar refractivity (Wildman–Crippen MR) is 17.1 cm³/mol. The van der Waals surface area contributed by atoms with Gasteiger partial charge in [-0.2, -0.15) is 0 Å². The van der Waals surface area contributed by atoms with Crippen LogP contribution in [0.5, 0.6) is 0 Å². The molecule has 7 heavy (non-hydrogen) atoms. The van der Waals surface area contributed by atoms with Gasteiger partial charge in [0.1, 0.15) is 7.11 Å². The van der Waals surface area contributed by atoms with Crippen molar-refractivity contribution in [2.75, 3.05) is 0 Å². The lowest BCUT2D eigenvalue weighted by molar-refractivity contribution is -0.164. The fourth-order valence-corrected chi connectivity index (χ4v) is 0.0589. The van der Waals surface area contributed by atoms with Crippen LogP contribution >= 0.6 is 0 Å². The Morgan fingerprint density at radius 1 is 1.43 bits per heavy atom. The minimum Gasteiger partial charge on any atom is -0.454 e. The van der Waals surface area contributed by atoms with Crippen LogP contribution < -0.4 is 0 Å². The average Bonchev–Trinajstić information content (AvgIpc) is 1.65. The van der Waals surface area contributed by atoms with Crippen molar-refractivity contribution in [1.82, 2.24) is 0 Å². The highest BCUT2D eigenvalue weighted by atomic mass is 16.5. The third-order valence-electron chi connectivity index (χ3n) is 0.298. The van der Waals surface area contributed by atoms with Crippen LogP contribution in [0, 0.1) is 7.11 Å². The van der Waals surface area contributed by atoms with Gasteiger partial charge in [0.05, 0.1) is 0 Å². The molecule has 38 valence electrons. The number of carbonyl (C=O) groups is 2. The van der Waals surface area contributed by atoms with Crippen LogP contribution in [0.4, 0.5) is 0 Å². The van der Waals surface area contributed by atoms with E-state index in [1.807, 2.05) is 0 Å². The Kier molecular flexibility index (Phi) is 1.84. The van der Waals surface area contributed by atoms with Gasteiger partial charge in [-0.25, -0.2) is 14.7 Å². The molecule has 2 radical (unpaired) electrons. The fraction of sp³-hybridized carbons (Fsp3) is 0. The van der Waals surface area contributed by atoms with Gasteiger partial charge < -0.3 is 4.74 Å². The molecule has 4 heteroatoms. The molecule has 0 aromatic rings. The Morgan fingerprint density at radius 3 is 1.86 bits per heavy atom. The normalized spacial score (nSPS) is 7.57. The Balaban J connectivity index is 3.58. The molecule has 0 saturated heterocycles. The van der Waals surface area contributed by atoms with Gasteiger partial charge in [0.25, 0.3) is 0 Å². The van der Waals surface area contributed by atoms with Gasteiger partial charge in [-0.3, -0.25) is 0 Å². The minimum atomic E-state index is -1.88. The summed E-state index contributed by atoms with van der Waals surface area (Å²) in [5.74, 6) is -3.34. The molecule has 0 bridgehead atoms. The lowest BCUT2D eigenvalue weighted by Gasteiger charge is -1.82. The van der Waals surface area contributed by atoms with E-state index in [-0.39, 0.29) is 0 Å². The summed E-state index contributed by atoms with van der Waals surface area (Å²) in [4.78, 5) is 18.9. The summed E-state index contributed by atoms with van der Waals surface area (Å²) in [6.07, 6.45) is 0. The van der Waals surface area contributed by atoms with Crippen molar-refractivity contribution >= 4 is 11.9 Å². The number of ether oxygens (including phenoxy) is 1. The van der Waals surface area contributed by atoms with E-state index in [1.54, 1.807) is 0 Å². The van der Waals surface area contributed by atoms with E-state index in [4.69, 9.17) is 0 Å². The smallest absolute Gasteiger partial charge is 0.454 e. The van der Waals surface area contributed by atoms with Crippen molar-refractivity contribution in [3.05, 3.63) is 7.11 Å². The number of carbonyl (C=O) groups excluding carboxylic acids is 2. The van der Waals surface area contributed by atoms with Crippen molar-refractivity contribution in [2.24, 2.45) is 0 Å². The van der Waals surface area contributed by atoms with Gasteiger partial charge >= 0.3 is 11.9 Å². The number of rotatable bonds is 0. The fourth-order valence-electron chi connectivity index (χ4n) is 0.0589. The molecule has 0 aliphatic carbocycles. The molecule has 0 unspecified atom stereocenters. The quantitative estimate of drug-likeness (QED) is 0.299. The van der Waals surface area contributed by atoms with E-state index in [0.29, 0.717) is 0 Å². The van der Waals surface area contributed by atoms with Crippen molar-refractivity contribution in [2.45, 2.75) is 0 Å². The maximum Gasteiger partial charge on any atom is 0.462 e. The van der Waals surface area contributed by atoms with Gasteiger partial charge in [0, 0.05) is 0 Å². The summed E-state index contributed by atoms with van der Waals surface area (Å²) in [5.41, 5.74) is 0. The lowest BCUT2D eigenvalue weighted by Crippen LogP contribution is -2.10. The predicted octanol–water partition coefficient (Wildman–Crippen LogP) is -0.722. The number of esters is 1. The second kappa shape index (κ2) is 2.17. The zero-order chi connectivity index (χ0) is 5.86. The third kappa shape index (κ3) is 1.75. The summed E-state index contributed by atoms with van der Waals surface area (Å²) in [7, 11) is 2.54. The van der Waals surface area contributed by atoms with Crippen molar-refractivity contribution in [3.63, 3.8) is 0 Å². The topological polar surface area (TPSA) is 63.3 Å². The van der Waals surface area contributed by atoms with E-state index < -0.39 is 11.9 Å². The SMILES string of the molecule is [CH2]OC(=O)C([O])=O. The molecule has 0 saturated carbocycles. The monoisotopic (exact) mass is 102 g/mol. The zero-order valence-electron chi connectivity index (χ0n) is 3.34. The molecular formula is C3H2O4. The van der Waals surface area contributed by atoms with Gasteiger partial charge in [0.2, 0.25) is 0 Å². The largest absolute Gasteiger partial charge is 0.462 e. The molecule has 0 aliphatic rings. The van der Waals surface area contributed by atoms with Crippen LogP contribution in [0.1, 0.15) is 0 Å². The highest BCUT2D eigenvalue weighted by molar-refractivity contribution is 6.28. The van der Waals surface area contributed by atoms with E-state index in [2.05, 4.69) is 11.8 Å². The molecule has 0 aromatic heterocycles. The average molecular weight is 102 g/mol. The molecule has 0 fully saturated rings. The molecule has 0 aromatic carbocycles. The first-order valence-corrected chi connectivity index (χ1v) is 1.36. The maximum atomic E-state index is 9.56.